The third kappa shape index (κ3) is 3.58. The maximum absolute atomic E-state index is 5.59. The molecule has 0 radical (unpaired) electrons. The van der Waals surface area contributed by atoms with E-state index in [0.717, 1.165) is 6.54 Å². The van der Waals surface area contributed by atoms with Gasteiger partial charge in [0.05, 0.1) is 20.3 Å². The summed E-state index contributed by atoms with van der Waals surface area (Å²) in [6, 6.07) is 9.45. The highest BCUT2D eigenvalue weighted by Gasteiger charge is 2.07. The van der Waals surface area contributed by atoms with Gasteiger partial charge in [-0.1, -0.05) is 12.1 Å². The minimum Gasteiger partial charge on any atom is -0.481 e. The van der Waals surface area contributed by atoms with Crippen LogP contribution in [0.3, 0.4) is 0 Å². The van der Waals surface area contributed by atoms with Crippen molar-refractivity contribution >= 4 is 0 Å². The summed E-state index contributed by atoms with van der Waals surface area (Å²) in [5.41, 5.74) is 1.17. The Hall–Kier alpha value is -2.34. The third-order valence-electron chi connectivity index (χ3n) is 2.59. The molecule has 0 saturated carbocycles. The van der Waals surface area contributed by atoms with Gasteiger partial charge in [0.1, 0.15) is 5.75 Å². The summed E-state index contributed by atoms with van der Waals surface area (Å²) in [6.45, 7) is 0.809. The van der Waals surface area contributed by atoms with E-state index in [-0.39, 0.29) is 6.01 Å². The number of methoxy groups -OCH3 is 2. The monoisotopic (exact) mass is 275 g/mol. The summed E-state index contributed by atoms with van der Waals surface area (Å²) in [5, 5.41) is 3.08. The highest BCUT2D eigenvalue weighted by molar-refractivity contribution is 5.30. The van der Waals surface area contributed by atoms with E-state index in [2.05, 4.69) is 15.3 Å². The van der Waals surface area contributed by atoms with Gasteiger partial charge in [-0.3, -0.25) is 0 Å². The molecule has 0 fully saturated rings. The smallest absolute Gasteiger partial charge is 0.328 e. The van der Waals surface area contributed by atoms with Gasteiger partial charge in [-0.05, 0) is 24.7 Å². The summed E-state index contributed by atoms with van der Waals surface area (Å²) in [5.74, 6) is 1.43. The third-order valence-corrected chi connectivity index (χ3v) is 2.59. The Bertz CT molecular complexity index is 536. The largest absolute Gasteiger partial charge is 0.481 e. The molecule has 0 aliphatic carbocycles. The van der Waals surface area contributed by atoms with Crippen molar-refractivity contribution in [2.45, 2.75) is 6.54 Å². The number of nitrogens with zero attached hydrogens (tertiary/aromatic N) is 2. The predicted molar refractivity (Wildman–Crippen MR) is 74.4 cm³/mol. The van der Waals surface area contributed by atoms with Gasteiger partial charge >= 0.3 is 6.01 Å². The Balaban J connectivity index is 2.16. The van der Waals surface area contributed by atoms with Crippen molar-refractivity contribution in [3.8, 4) is 23.5 Å². The first-order chi connectivity index (χ1) is 9.75. The number of nitrogens with one attached hydrogen (secondary N) is 1. The SMILES string of the molecule is CNCc1ccc(Oc2nc(OC)cc(OC)n2)cc1. The van der Waals surface area contributed by atoms with Crippen LogP contribution in [0.2, 0.25) is 0 Å². The molecule has 0 unspecified atom stereocenters. The molecule has 0 atom stereocenters. The number of ether oxygens (including phenoxy) is 3. The lowest BCUT2D eigenvalue weighted by molar-refractivity contribution is 0.348. The zero-order chi connectivity index (χ0) is 14.4. The van der Waals surface area contributed by atoms with E-state index in [4.69, 9.17) is 14.2 Å². The van der Waals surface area contributed by atoms with Crippen LogP contribution in [0.4, 0.5) is 0 Å². The fourth-order valence-corrected chi connectivity index (χ4v) is 1.62. The Morgan fingerprint density at radius 3 is 2.10 bits per heavy atom. The van der Waals surface area contributed by atoms with E-state index in [0.29, 0.717) is 17.5 Å². The summed E-state index contributed by atoms with van der Waals surface area (Å²) in [7, 11) is 4.96. The second-order valence-corrected chi connectivity index (χ2v) is 4.01. The summed E-state index contributed by atoms with van der Waals surface area (Å²) in [4.78, 5) is 8.21. The van der Waals surface area contributed by atoms with Crippen LogP contribution in [-0.4, -0.2) is 31.2 Å². The predicted octanol–water partition coefficient (Wildman–Crippen LogP) is 2.01. The lowest BCUT2D eigenvalue weighted by Gasteiger charge is -2.08. The average Bonchev–Trinajstić information content (AvgIpc) is 2.49. The standard InChI is InChI=1S/C14H17N3O3/c1-15-9-10-4-6-11(7-5-10)20-14-16-12(18-2)8-13(17-14)19-3/h4-8,15H,9H2,1-3H3. The van der Waals surface area contributed by atoms with Crippen LogP contribution in [0.1, 0.15) is 5.56 Å². The molecule has 1 aromatic carbocycles. The van der Waals surface area contributed by atoms with E-state index < -0.39 is 0 Å². The maximum atomic E-state index is 5.59. The topological polar surface area (TPSA) is 65.5 Å². The molecule has 2 aromatic rings. The van der Waals surface area contributed by atoms with Crippen LogP contribution in [0.5, 0.6) is 23.5 Å². The van der Waals surface area contributed by atoms with Crippen molar-refractivity contribution < 1.29 is 14.2 Å². The highest BCUT2D eigenvalue weighted by atomic mass is 16.5. The van der Waals surface area contributed by atoms with Gasteiger partial charge in [-0.15, -0.1) is 0 Å². The molecular formula is C14H17N3O3. The second-order valence-electron chi connectivity index (χ2n) is 4.01. The first-order valence-electron chi connectivity index (χ1n) is 6.13. The van der Waals surface area contributed by atoms with E-state index >= 15 is 0 Å². The zero-order valence-corrected chi connectivity index (χ0v) is 11.7. The molecule has 1 heterocycles. The lowest BCUT2D eigenvalue weighted by Crippen LogP contribution is -2.04. The molecule has 6 heteroatoms. The van der Waals surface area contributed by atoms with E-state index in [1.165, 1.54) is 19.8 Å². The second kappa shape index (κ2) is 6.72. The normalized spacial score (nSPS) is 10.2. The summed E-state index contributed by atoms with van der Waals surface area (Å²) >= 11 is 0. The van der Waals surface area contributed by atoms with Crippen molar-refractivity contribution in [1.29, 1.82) is 0 Å². The number of hydrogen-bond acceptors (Lipinski definition) is 6. The van der Waals surface area contributed by atoms with E-state index in [1.807, 2.05) is 31.3 Å². The van der Waals surface area contributed by atoms with Crippen LogP contribution in [0.25, 0.3) is 0 Å². The van der Waals surface area contributed by atoms with Gasteiger partial charge in [-0.2, -0.15) is 9.97 Å². The van der Waals surface area contributed by atoms with Gasteiger partial charge in [0.15, 0.2) is 0 Å². The quantitative estimate of drug-likeness (QED) is 0.870. The molecule has 0 aliphatic rings. The zero-order valence-electron chi connectivity index (χ0n) is 11.7. The molecule has 2 rings (SSSR count). The minimum atomic E-state index is 0.183. The molecule has 0 bridgehead atoms. The van der Waals surface area contributed by atoms with Crippen molar-refractivity contribution in [2.75, 3.05) is 21.3 Å². The molecule has 1 aromatic heterocycles. The Kier molecular flexibility index (Phi) is 4.73. The number of benzene rings is 1. The maximum Gasteiger partial charge on any atom is 0.328 e. The van der Waals surface area contributed by atoms with Crippen LogP contribution < -0.4 is 19.5 Å². The summed E-state index contributed by atoms with van der Waals surface area (Å²) < 4.78 is 15.7. The molecule has 0 saturated heterocycles. The molecule has 6 nitrogen and oxygen atoms in total. The molecule has 0 aliphatic heterocycles. The molecule has 0 amide bonds. The first kappa shape index (κ1) is 14.1. The Morgan fingerprint density at radius 2 is 1.60 bits per heavy atom. The van der Waals surface area contributed by atoms with Crippen LogP contribution in [0.15, 0.2) is 30.3 Å². The van der Waals surface area contributed by atoms with Gasteiger partial charge in [0, 0.05) is 6.54 Å². The van der Waals surface area contributed by atoms with E-state index in [9.17, 15) is 0 Å². The van der Waals surface area contributed by atoms with Crippen LogP contribution in [0, 0.1) is 0 Å². The van der Waals surface area contributed by atoms with Gasteiger partial charge in [0.25, 0.3) is 0 Å². The molecule has 0 spiro atoms. The average molecular weight is 275 g/mol. The molecule has 20 heavy (non-hydrogen) atoms. The fourth-order valence-electron chi connectivity index (χ4n) is 1.62. The molecular weight excluding hydrogens is 258 g/mol. The minimum absolute atomic E-state index is 0.183. The van der Waals surface area contributed by atoms with Crippen LogP contribution in [-0.2, 0) is 6.54 Å². The highest BCUT2D eigenvalue weighted by Crippen LogP contribution is 2.23. The van der Waals surface area contributed by atoms with Gasteiger partial charge < -0.3 is 19.5 Å². The Morgan fingerprint density at radius 1 is 1.00 bits per heavy atom. The lowest BCUT2D eigenvalue weighted by atomic mass is 10.2. The first-order valence-corrected chi connectivity index (χ1v) is 6.13. The van der Waals surface area contributed by atoms with Crippen molar-refractivity contribution in [3.63, 3.8) is 0 Å². The fraction of sp³-hybridized carbons (Fsp3) is 0.286. The molecule has 106 valence electrons. The van der Waals surface area contributed by atoms with Crippen LogP contribution >= 0.6 is 0 Å². The number of aromatic nitrogens is 2. The van der Waals surface area contributed by atoms with Gasteiger partial charge in [0.2, 0.25) is 11.8 Å². The summed E-state index contributed by atoms with van der Waals surface area (Å²) in [6.07, 6.45) is 0. The van der Waals surface area contributed by atoms with Gasteiger partial charge in [-0.25, -0.2) is 0 Å². The van der Waals surface area contributed by atoms with Crippen molar-refractivity contribution in [3.05, 3.63) is 35.9 Å². The van der Waals surface area contributed by atoms with Crippen molar-refractivity contribution in [2.24, 2.45) is 0 Å². The van der Waals surface area contributed by atoms with Crippen molar-refractivity contribution in [1.82, 2.24) is 15.3 Å². The number of hydrogen-bond donors (Lipinski definition) is 1. The number of rotatable bonds is 6. The Labute approximate surface area is 117 Å². The molecule has 1 N–H and O–H groups in total. The van der Waals surface area contributed by atoms with E-state index in [1.54, 1.807) is 6.07 Å².